The van der Waals surface area contributed by atoms with Crippen molar-refractivity contribution in [2.45, 2.75) is 0 Å². The average molecular weight is 444 g/mol. The summed E-state index contributed by atoms with van der Waals surface area (Å²) in [6.07, 6.45) is 3.39. The number of nitrogens with two attached hydrogens (primary N) is 1. The van der Waals surface area contributed by atoms with Crippen molar-refractivity contribution in [1.29, 1.82) is 0 Å². The van der Waals surface area contributed by atoms with Gasteiger partial charge in [-0.05, 0) is 24.3 Å². The van der Waals surface area contributed by atoms with E-state index >= 15 is 0 Å². The van der Waals surface area contributed by atoms with Crippen LogP contribution >= 0.6 is 0 Å². The normalized spacial score (nSPS) is 13.7. The lowest BCUT2D eigenvalue weighted by molar-refractivity contribution is 0.0398. The molecule has 4 rings (SSSR count). The second-order valence-electron chi connectivity index (χ2n) is 7.41. The Morgan fingerprint density at radius 2 is 1.88 bits per heavy atom. The van der Waals surface area contributed by atoms with E-state index in [4.69, 9.17) is 10.5 Å². The van der Waals surface area contributed by atoms with Crippen LogP contribution in [-0.2, 0) is 4.74 Å². The zero-order valence-corrected chi connectivity index (χ0v) is 18.0. The van der Waals surface area contributed by atoms with Gasteiger partial charge in [-0.2, -0.15) is 0 Å². The zero-order valence-electron chi connectivity index (χ0n) is 18.0. The van der Waals surface area contributed by atoms with E-state index in [1.54, 1.807) is 24.5 Å². The van der Waals surface area contributed by atoms with Gasteiger partial charge < -0.3 is 20.9 Å². The van der Waals surface area contributed by atoms with Gasteiger partial charge in [-0.15, -0.1) is 0 Å². The van der Waals surface area contributed by atoms with E-state index in [-0.39, 0.29) is 23.1 Å². The van der Waals surface area contributed by atoms with Crippen molar-refractivity contribution in [3.8, 4) is 28.8 Å². The summed E-state index contributed by atoms with van der Waals surface area (Å²) < 4.78 is 5.35. The minimum absolute atomic E-state index is 0.222. The van der Waals surface area contributed by atoms with Crippen molar-refractivity contribution < 1.29 is 14.6 Å². The van der Waals surface area contributed by atoms with Crippen LogP contribution < -0.4 is 11.1 Å². The number of nitrogens with one attached hydrogen (secondary N) is 1. The highest BCUT2D eigenvalue weighted by molar-refractivity contribution is 5.96. The molecule has 0 radical (unpaired) electrons. The van der Waals surface area contributed by atoms with Crippen LogP contribution in [0.5, 0.6) is 5.75 Å². The lowest BCUT2D eigenvalue weighted by atomic mass is 10.1. The number of ether oxygens (including phenoxy) is 1. The first kappa shape index (κ1) is 22.2. The van der Waals surface area contributed by atoms with Crippen LogP contribution in [0.2, 0.25) is 0 Å². The lowest BCUT2D eigenvalue weighted by Gasteiger charge is -2.26. The SMILES string of the molecule is NC(=O)c1nc(NCCN2CCOCC2)nc(-c2ccc(C#Cc3cccnc3)cc2)c1O. The Hall–Kier alpha value is -4.00. The minimum Gasteiger partial charge on any atom is -0.504 e. The summed E-state index contributed by atoms with van der Waals surface area (Å²) in [5.74, 6) is 5.16. The van der Waals surface area contributed by atoms with E-state index in [9.17, 15) is 9.90 Å². The Labute approximate surface area is 191 Å². The standard InChI is InChI=1S/C24H24N6O3/c25-23(32)21-22(31)20(28-24(29-21)27-10-11-30-12-14-33-15-13-30)19-7-5-17(6-8-19)3-4-18-2-1-9-26-16-18/h1-2,5-9,16,31H,10-15H2,(H2,25,32)(H,27,28,29). The molecule has 1 aromatic carbocycles. The van der Waals surface area contributed by atoms with Crippen molar-refractivity contribution in [2.24, 2.45) is 5.73 Å². The number of morpholine rings is 1. The summed E-state index contributed by atoms with van der Waals surface area (Å²) in [6.45, 7) is 4.52. The zero-order chi connectivity index (χ0) is 23.0. The monoisotopic (exact) mass is 444 g/mol. The van der Waals surface area contributed by atoms with Crippen LogP contribution in [0.3, 0.4) is 0 Å². The van der Waals surface area contributed by atoms with Crippen LogP contribution in [0, 0.1) is 11.8 Å². The number of carbonyl (C=O) groups excluding carboxylic acids is 1. The second-order valence-corrected chi connectivity index (χ2v) is 7.41. The number of rotatable bonds is 6. The van der Waals surface area contributed by atoms with Crippen molar-refractivity contribution in [3.05, 3.63) is 65.6 Å². The molecule has 1 aliphatic rings. The van der Waals surface area contributed by atoms with Gasteiger partial charge in [0.25, 0.3) is 5.91 Å². The number of hydrogen-bond donors (Lipinski definition) is 3. The summed E-state index contributed by atoms with van der Waals surface area (Å²) >= 11 is 0. The largest absolute Gasteiger partial charge is 0.504 e. The first-order chi connectivity index (χ1) is 16.1. The maximum atomic E-state index is 11.9. The fraction of sp³-hybridized carbons (Fsp3) is 0.250. The van der Waals surface area contributed by atoms with E-state index in [0.29, 0.717) is 25.3 Å². The fourth-order valence-electron chi connectivity index (χ4n) is 3.35. The smallest absolute Gasteiger partial charge is 0.271 e. The Morgan fingerprint density at radius 3 is 2.58 bits per heavy atom. The number of amides is 1. The average Bonchev–Trinajstić information content (AvgIpc) is 2.85. The van der Waals surface area contributed by atoms with E-state index in [2.05, 4.69) is 37.0 Å². The Morgan fingerprint density at radius 1 is 1.12 bits per heavy atom. The molecule has 0 atom stereocenters. The molecule has 4 N–H and O–H groups in total. The summed E-state index contributed by atoms with van der Waals surface area (Å²) in [7, 11) is 0. The predicted octanol–water partition coefficient (Wildman–Crippen LogP) is 1.49. The molecule has 9 heteroatoms. The second kappa shape index (κ2) is 10.5. The van der Waals surface area contributed by atoms with Crippen LogP contribution in [0.25, 0.3) is 11.3 Å². The van der Waals surface area contributed by atoms with Crippen LogP contribution in [0.1, 0.15) is 21.6 Å². The first-order valence-electron chi connectivity index (χ1n) is 10.6. The summed E-state index contributed by atoms with van der Waals surface area (Å²) in [6, 6.07) is 10.9. The number of primary amides is 1. The Bertz CT molecular complexity index is 1170. The van der Waals surface area contributed by atoms with E-state index in [1.807, 2.05) is 24.3 Å². The van der Waals surface area contributed by atoms with Gasteiger partial charge in [-0.1, -0.05) is 24.0 Å². The third-order valence-corrected chi connectivity index (χ3v) is 5.10. The molecule has 9 nitrogen and oxygen atoms in total. The third-order valence-electron chi connectivity index (χ3n) is 5.10. The Balaban J connectivity index is 1.53. The molecule has 1 saturated heterocycles. The lowest BCUT2D eigenvalue weighted by Crippen LogP contribution is -2.39. The molecule has 33 heavy (non-hydrogen) atoms. The number of anilines is 1. The maximum Gasteiger partial charge on any atom is 0.271 e. The molecule has 3 aromatic rings. The molecule has 0 bridgehead atoms. The molecule has 0 spiro atoms. The highest BCUT2D eigenvalue weighted by atomic mass is 16.5. The van der Waals surface area contributed by atoms with Gasteiger partial charge in [0.2, 0.25) is 5.95 Å². The fourth-order valence-corrected chi connectivity index (χ4v) is 3.35. The first-order valence-corrected chi connectivity index (χ1v) is 10.6. The van der Waals surface area contributed by atoms with Gasteiger partial charge in [0, 0.05) is 55.3 Å². The number of benzene rings is 1. The molecule has 2 aromatic heterocycles. The molecule has 168 valence electrons. The van der Waals surface area contributed by atoms with Crippen molar-refractivity contribution in [1.82, 2.24) is 19.9 Å². The number of pyridine rings is 1. The minimum atomic E-state index is -0.827. The summed E-state index contributed by atoms with van der Waals surface area (Å²) in [5, 5.41) is 13.7. The molecule has 0 unspecified atom stereocenters. The predicted molar refractivity (Wildman–Crippen MR) is 124 cm³/mol. The van der Waals surface area contributed by atoms with Crippen molar-refractivity contribution in [2.75, 3.05) is 44.7 Å². The highest BCUT2D eigenvalue weighted by Crippen LogP contribution is 2.30. The van der Waals surface area contributed by atoms with Gasteiger partial charge in [0.05, 0.1) is 13.2 Å². The van der Waals surface area contributed by atoms with Gasteiger partial charge in [-0.25, -0.2) is 9.97 Å². The van der Waals surface area contributed by atoms with Crippen LogP contribution in [0.4, 0.5) is 5.95 Å². The van der Waals surface area contributed by atoms with E-state index < -0.39 is 5.91 Å². The van der Waals surface area contributed by atoms with Gasteiger partial charge in [-0.3, -0.25) is 14.7 Å². The quantitative estimate of drug-likeness (QED) is 0.488. The molecule has 1 amide bonds. The number of hydrogen-bond acceptors (Lipinski definition) is 8. The molecular weight excluding hydrogens is 420 g/mol. The summed E-state index contributed by atoms with van der Waals surface area (Å²) in [5.41, 5.74) is 7.64. The van der Waals surface area contributed by atoms with Gasteiger partial charge in [0.15, 0.2) is 11.4 Å². The molecular formula is C24H24N6O3. The van der Waals surface area contributed by atoms with Crippen LogP contribution in [0.15, 0.2) is 48.8 Å². The van der Waals surface area contributed by atoms with Crippen molar-refractivity contribution >= 4 is 11.9 Å². The van der Waals surface area contributed by atoms with E-state index in [1.165, 1.54) is 0 Å². The maximum absolute atomic E-state index is 11.9. The summed E-state index contributed by atoms with van der Waals surface area (Å²) in [4.78, 5) is 26.7. The number of aromatic hydroxyl groups is 1. The molecule has 0 saturated carbocycles. The van der Waals surface area contributed by atoms with E-state index in [0.717, 1.165) is 30.8 Å². The molecule has 3 heterocycles. The number of carbonyl (C=O) groups is 1. The molecule has 1 aliphatic heterocycles. The van der Waals surface area contributed by atoms with Crippen molar-refractivity contribution in [3.63, 3.8) is 0 Å². The highest BCUT2D eigenvalue weighted by Gasteiger charge is 2.19. The molecule has 0 aliphatic carbocycles. The van der Waals surface area contributed by atoms with Gasteiger partial charge in [0.1, 0.15) is 5.69 Å². The molecule has 1 fully saturated rings. The number of nitrogens with zero attached hydrogens (tertiary/aromatic N) is 4. The van der Waals surface area contributed by atoms with Gasteiger partial charge >= 0.3 is 0 Å². The van der Waals surface area contributed by atoms with Crippen LogP contribution in [-0.4, -0.2) is 70.3 Å². The topological polar surface area (TPSA) is 126 Å². The Kier molecular flexibility index (Phi) is 7.09. The number of aromatic nitrogens is 3. The third kappa shape index (κ3) is 5.83.